The predicted molar refractivity (Wildman–Crippen MR) is 70.5 cm³/mol. The second-order valence-corrected chi connectivity index (χ2v) is 4.51. The van der Waals surface area contributed by atoms with E-state index in [0.29, 0.717) is 11.9 Å². The lowest BCUT2D eigenvalue weighted by Gasteiger charge is -2.13. The van der Waals surface area contributed by atoms with Crippen LogP contribution in [0.25, 0.3) is 0 Å². The first kappa shape index (κ1) is 14.4. The minimum atomic E-state index is -0.719. The Labute approximate surface area is 108 Å². The third-order valence-electron chi connectivity index (χ3n) is 2.96. The Hall–Kier alpha value is -1.65. The average Bonchev–Trinajstić information content (AvgIpc) is 2.35. The smallest absolute Gasteiger partial charge is 0.303 e. The SMILES string of the molecule is CCC(CCNc1ncc(C)cn1)CCC(=O)O. The molecule has 0 aliphatic rings. The van der Waals surface area contributed by atoms with Gasteiger partial charge in [-0.05, 0) is 31.2 Å². The Balaban J connectivity index is 2.26. The highest BCUT2D eigenvalue weighted by Gasteiger charge is 2.08. The summed E-state index contributed by atoms with van der Waals surface area (Å²) in [5.41, 5.74) is 1.04. The maximum Gasteiger partial charge on any atom is 0.303 e. The number of nitrogens with one attached hydrogen (secondary N) is 1. The van der Waals surface area contributed by atoms with Crippen LogP contribution >= 0.6 is 0 Å². The van der Waals surface area contributed by atoms with Crippen molar-refractivity contribution in [2.45, 2.75) is 39.5 Å². The lowest BCUT2D eigenvalue weighted by molar-refractivity contribution is -0.137. The van der Waals surface area contributed by atoms with Crippen LogP contribution in [0.3, 0.4) is 0 Å². The fourth-order valence-electron chi connectivity index (χ4n) is 1.75. The lowest BCUT2D eigenvalue weighted by Crippen LogP contribution is -2.11. The van der Waals surface area contributed by atoms with E-state index in [1.807, 2.05) is 6.92 Å². The van der Waals surface area contributed by atoms with Gasteiger partial charge in [0.05, 0.1) is 0 Å². The highest BCUT2D eigenvalue weighted by molar-refractivity contribution is 5.66. The van der Waals surface area contributed by atoms with E-state index in [1.165, 1.54) is 0 Å². The van der Waals surface area contributed by atoms with Crippen molar-refractivity contribution in [3.8, 4) is 0 Å². The summed E-state index contributed by atoms with van der Waals surface area (Å²) in [4.78, 5) is 18.8. The molecule has 0 amide bonds. The highest BCUT2D eigenvalue weighted by Crippen LogP contribution is 2.15. The Morgan fingerprint density at radius 1 is 1.39 bits per heavy atom. The zero-order chi connectivity index (χ0) is 13.4. The molecular formula is C13H21N3O2. The van der Waals surface area contributed by atoms with Crippen LogP contribution in [-0.4, -0.2) is 27.6 Å². The van der Waals surface area contributed by atoms with E-state index >= 15 is 0 Å². The van der Waals surface area contributed by atoms with Gasteiger partial charge in [0.15, 0.2) is 0 Å². The van der Waals surface area contributed by atoms with Crippen molar-refractivity contribution in [2.24, 2.45) is 5.92 Å². The van der Waals surface area contributed by atoms with Gasteiger partial charge in [-0.1, -0.05) is 13.3 Å². The Kier molecular flexibility index (Phi) is 6.11. The number of carboxylic acids is 1. The standard InChI is InChI=1S/C13H21N3O2/c1-3-11(4-5-12(17)18)6-7-14-13-15-8-10(2)9-16-13/h8-9,11H,3-7H2,1-2H3,(H,17,18)(H,14,15,16). The molecule has 0 spiro atoms. The van der Waals surface area contributed by atoms with Crippen molar-refractivity contribution in [1.29, 1.82) is 0 Å². The van der Waals surface area contributed by atoms with Gasteiger partial charge in [-0.3, -0.25) is 4.79 Å². The molecule has 0 aromatic carbocycles. The van der Waals surface area contributed by atoms with Crippen LogP contribution in [0.4, 0.5) is 5.95 Å². The number of rotatable bonds is 8. The van der Waals surface area contributed by atoms with Crippen LogP contribution in [0, 0.1) is 12.8 Å². The molecule has 5 heteroatoms. The molecule has 5 nitrogen and oxygen atoms in total. The zero-order valence-electron chi connectivity index (χ0n) is 11.0. The summed E-state index contributed by atoms with van der Waals surface area (Å²) in [5.74, 6) is 0.357. The van der Waals surface area contributed by atoms with Crippen LogP contribution in [0.15, 0.2) is 12.4 Å². The molecule has 1 aromatic rings. The molecule has 18 heavy (non-hydrogen) atoms. The molecule has 0 radical (unpaired) electrons. The maximum absolute atomic E-state index is 10.5. The minimum absolute atomic E-state index is 0.250. The topological polar surface area (TPSA) is 75.1 Å². The number of aromatic nitrogens is 2. The average molecular weight is 251 g/mol. The molecule has 1 atom stereocenters. The molecule has 100 valence electrons. The van der Waals surface area contributed by atoms with E-state index in [2.05, 4.69) is 22.2 Å². The molecule has 1 aromatic heterocycles. The van der Waals surface area contributed by atoms with Crippen molar-refractivity contribution >= 4 is 11.9 Å². The first-order chi connectivity index (χ1) is 8.61. The van der Waals surface area contributed by atoms with Gasteiger partial charge in [0.2, 0.25) is 5.95 Å². The molecule has 0 saturated carbocycles. The minimum Gasteiger partial charge on any atom is -0.481 e. The Morgan fingerprint density at radius 3 is 2.61 bits per heavy atom. The highest BCUT2D eigenvalue weighted by atomic mass is 16.4. The van der Waals surface area contributed by atoms with Gasteiger partial charge < -0.3 is 10.4 Å². The normalized spacial score (nSPS) is 12.1. The predicted octanol–water partition coefficient (Wildman–Crippen LogP) is 2.48. The fraction of sp³-hybridized carbons (Fsp3) is 0.615. The third-order valence-corrected chi connectivity index (χ3v) is 2.96. The van der Waals surface area contributed by atoms with Gasteiger partial charge in [0, 0.05) is 25.4 Å². The second-order valence-electron chi connectivity index (χ2n) is 4.51. The molecule has 0 aliphatic carbocycles. The molecule has 1 unspecified atom stereocenters. The molecule has 0 fully saturated rings. The summed E-state index contributed by atoms with van der Waals surface area (Å²) in [7, 11) is 0. The van der Waals surface area contributed by atoms with Crippen LogP contribution in [0.1, 0.15) is 38.2 Å². The number of hydrogen-bond donors (Lipinski definition) is 2. The van der Waals surface area contributed by atoms with Gasteiger partial charge >= 0.3 is 5.97 Å². The first-order valence-electron chi connectivity index (χ1n) is 6.36. The van der Waals surface area contributed by atoms with Crippen LogP contribution < -0.4 is 5.32 Å². The van der Waals surface area contributed by atoms with Gasteiger partial charge in [-0.25, -0.2) is 9.97 Å². The van der Waals surface area contributed by atoms with E-state index in [9.17, 15) is 4.79 Å². The van der Waals surface area contributed by atoms with Crippen molar-refractivity contribution in [2.75, 3.05) is 11.9 Å². The zero-order valence-corrected chi connectivity index (χ0v) is 11.0. The van der Waals surface area contributed by atoms with Gasteiger partial charge in [-0.15, -0.1) is 0 Å². The van der Waals surface area contributed by atoms with Crippen LogP contribution in [-0.2, 0) is 4.79 Å². The Bertz CT molecular complexity index is 365. The summed E-state index contributed by atoms with van der Waals surface area (Å²) >= 11 is 0. The summed E-state index contributed by atoms with van der Waals surface area (Å²) in [5, 5.41) is 11.8. The van der Waals surface area contributed by atoms with E-state index in [1.54, 1.807) is 12.4 Å². The number of aryl methyl sites for hydroxylation is 1. The van der Waals surface area contributed by atoms with Crippen molar-refractivity contribution in [1.82, 2.24) is 9.97 Å². The first-order valence-corrected chi connectivity index (χ1v) is 6.36. The molecule has 2 N–H and O–H groups in total. The largest absolute Gasteiger partial charge is 0.481 e. The summed E-state index contributed by atoms with van der Waals surface area (Å²) in [6.45, 7) is 4.82. The number of carbonyl (C=O) groups is 1. The van der Waals surface area contributed by atoms with Crippen LogP contribution in [0.5, 0.6) is 0 Å². The van der Waals surface area contributed by atoms with Crippen molar-refractivity contribution in [3.05, 3.63) is 18.0 Å². The molecule has 1 heterocycles. The van der Waals surface area contributed by atoms with Gasteiger partial charge in [-0.2, -0.15) is 0 Å². The lowest BCUT2D eigenvalue weighted by atomic mass is 9.97. The number of hydrogen-bond acceptors (Lipinski definition) is 4. The van der Waals surface area contributed by atoms with E-state index in [-0.39, 0.29) is 6.42 Å². The number of nitrogens with zero attached hydrogens (tertiary/aromatic N) is 2. The van der Waals surface area contributed by atoms with Crippen LogP contribution in [0.2, 0.25) is 0 Å². The van der Waals surface area contributed by atoms with E-state index in [0.717, 1.165) is 31.4 Å². The monoisotopic (exact) mass is 251 g/mol. The summed E-state index contributed by atoms with van der Waals surface area (Å²) in [6, 6.07) is 0. The second kappa shape index (κ2) is 7.63. The number of aliphatic carboxylic acids is 1. The van der Waals surface area contributed by atoms with Gasteiger partial charge in [0.1, 0.15) is 0 Å². The molecular weight excluding hydrogens is 230 g/mol. The van der Waals surface area contributed by atoms with Gasteiger partial charge in [0.25, 0.3) is 0 Å². The van der Waals surface area contributed by atoms with Crippen molar-refractivity contribution in [3.63, 3.8) is 0 Å². The molecule has 0 aliphatic heterocycles. The number of carboxylic acid groups (broad SMARTS) is 1. The quantitative estimate of drug-likeness (QED) is 0.742. The van der Waals surface area contributed by atoms with Crippen molar-refractivity contribution < 1.29 is 9.90 Å². The third kappa shape index (κ3) is 5.61. The van der Waals surface area contributed by atoms with E-state index < -0.39 is 5.97 Å². The fourth-order valence-corrected chi connectivity index (χ4v) is 1.75. The molecule has 1 rings (SSSR count). The maximum atomic E-state index is 10.5. The Morgan fingerprint density at radius 2 is 2.06 bits per heavy atom. The summed E-state index contributed by atoms with van der Waals surface area (Å²) < 4.78 is 0. The van der Waals surface area contributed by atoms with E-state index in [4.69, 9.17) is 5.11 Å². The summed E-state index contributed by atoms with van der Waals surface area (Å²) in [6.07, 6.45) is 6.49. The molecule has 0 bridgehead atoms. The molecule has 0 saturated heterocycles. The number of anilines is 1.